The van der Waals surface area contributed by atoms with Gasteiger partial charge in [-0.05, 0) is 81.2 Å². The van der Waals surface area contributed by atoms with Crippen molar-refractivity contribution in [3.05, 3.63) is 59.2 Å². The van der Waals surface area contributed by atoms with E-state index in [0.717, 1.165) is 43.6 Å². The number of benzene rings is 2. The van der Waals surface area contributed by atoms with Crippen molar-refractivity contribution in [2.75, 3.05) is 32.1 Å². The van der Waals surface area contributed by atoms with Gasteiger partial charge >= 0.3 is 6.18 Å². The molecule has 1 saturated heterocycles. The van der Waals surface area contributed by atoms with Crippen molar-refractivity contribution in [2.45, 2.75) is 37.9 Å². The zero-order valence-electron chi connectivity index (χ0n) is 18.4. The zero-order valence-corrected chi connectivity index (χ0v) is 18.4. The van der Waals surface area contributed by atoms with Crippen LogP contribution in [0.1, 0.15) is 46.7 Å². The molecule has 0 bridgehead atoms. The van der Waals surface area contributed by atoms with Crippen LogP contribution in [0.25, 0.3) is 11.0 Å². The number of fused-ring (bicyclic) bond motifs is 1. The number of aromatic nitrogens is 2. The van der Waals surface area contributed by atoms with E-state index in [1.165, 1.54) is 17.7 Å². The number of carbonyl (C=O) groups is 1. The molecule has 1 aliphatic heterocycles. The minimum absolute atomic E-state index is 0.0334. The molecule has 2 N–H and O–H groups in total. The van der Waals surface area contributed by atoms with Gasteiger partial charge in [0.1, 0.15) is 0 Å². The molecule has 1 aromatic heterocycles. The lowest BCUT2D eigenvalue weighted by Crippen LogP contribution is -2.29. The topological polar surface area (TPSA) is 70.4 Å². The monoisotopic (exact) mass is 460 g/mol. The highest BCUT2D eigenvalue weighted by atomic mass is 19.4. The molecular formula is C24H27F3N4O2. The molecule has 0 aliphatic carbocycles. The number of aryl methyl sites for hydroxylation is 1. The van der Waals surface area contributed by atoms with E-state index in [1.54, 1.807) is 4.57 Å². The van der Waals surface area contributed by atoms with Gasteiger partial charge in [0.05, 0.1) is 16.6 Å². The highest BCUT2D eigenvalue weighted by Crippen LogP contribution is 2.32. The van der Waals surface area contributed by atoms with Crippen LogP contribution in [0.15, 0.2) is 42.5 Å². The molecule has 0 saturated carbocycles. The molecule has 2 heterocycles. The third-order valence-corrected chi connectivity index (χ3v) is 6.18. The number of imidazole rings is 1. The molecule has 2 aromatic carbocycles. The predicted molar refractivity (Wildman–Crippen MR) is 120 cm³/mol. The Labute approximate surface area is 190 Å². The lowest BCUT2D eigenvalue weighted by molar-refractivity contribution is -0.137. The highest BCUT2D eigenvalue weighted by molar-refractivity contribution is 6.04. The lowest BCUT2D eigenvalue weighted by Gasteiger charge is -2.29. The standard InChI is InChI=1S/C24H27F3N4O2/c1-30-11-8-16(9-12-30)17-6-7-21-20(15-17)28-23(31(21)10-3-13-32)29-22(33)18-4-2-5-19(14-18)24(25,26)27/h2,4-7,14-16,32H,3,8-13H2,1H3,(H,28,29,33). The minimum atomic E-state index is -4.53. The summed E-state index contributed by atoms with van der Waals surface area (Å²) < 4.78 is 40.9. The molecule has 4 rings (SSSR count). The maximum Gasteiger partial charge on any atom is 0.416 e. The molecule has 1 aliphatic rings. The normalized spacial score (nSPS) is 15.8. The molecule has 0 unspecified atom stereocenters. The second kappa shape index (κ2) is 9.52. The molecule has 6 nitrogen and oxygen atoms in total. The van der Waals surface area contributed by atoms with Gasteiger partial charge in [-0.15, -0.1) is 0 Å². The Bertz CT molecular complexity index is 1130. The summed E-state index contributed by atoms with van der Waals surface area (Å²) in [5, 5.41) is 12.0. The van der Waals surface area contributed by atoms with Crippen molar-refractivity contribution in [2.24, 2.45) is 0 Å². The maximum absolute atomic E-state index is 13.0. The molecule has 9 heteroatoms. The Morgan fingerprint density at radius 1 is 1.18 bits per heavy atom. The maximum atomic E-state index is 13.0. The van der Waals surface area contributed by atoms with E-state index in [1.807, 2.05) is 12.1 Å². The summed E-state index contributed by atoms with van der Waals surface area (Å²) in [6, 6.07) is 10.4. The highest BCUT2D eigenvalue weighted by Gasteiger charge is 2.31. The van der Waals surface area contributed by atoms with Crippen LogP contribution in [-0.4, -0.2) is 52.2 Å². The SMILES string of the molecule is CN1CCC(c2ccc3c(c2)nc(NC(=O)c2cccc(C(F)(F)F)c2)n3CCCO)CC1. The Kier molecular flexibility index (Phi) is 6.71. The van der Waals surface area contributed by atoms with Gasteiger partial charge in [-0.3, -0.25) is 10.1 Å². The number of alkyl halides is 3. The van der Waals surface area contributed by atoms with Gasteiger partial charge in [0.2, 0.25) is 5.95 Å². The molecular weight excluding hydrogens is 433 g/mol. The summed E-state index contributed by atoms with van der Waals surface area (Å²) in [4.78, 5) is 19.7. The number of nitrogens with one attached hydrogen (secondary N) is 1. The van der Waals surface area contributed by atoms with Crippen LogP contribution in [0.4, 0.5) is 19.1 Å². The summed E-state index contributed by atoms with van der Waals surface area (Å²) in [5.41, 5.74) is 1.73. The van der Waals surface area contributed by atoms with Crippen LogP contribution in [-0.2, 0) is 12.7 Å². The van der Waals surface area contributed by atoms with Crippen molar-refractivity contribution >= 4 is 22.9 Å². The van der Waals surface area contributed by atoms with E-state index in [9.17, 15) is 23.1 Å². The second-order valence-corrected chi connectivity index (χ2v) is 8.52. The fourth-order valence-corrected chi connectivity index (χ4v) is 4.30. The number of halogens is 3. The lowest BCUT2D eigenvalue weighted by atomic mass is 9.89. The van der Waals surface area contributed by atoms with Crippen molar-refractivity contribution in [3.63, 3.8) is 0 Å². The predicted octanol–water partition coefficient (Wildman–Crippen LogP) is 4.50. The van der Waals surface area contributed by atoms with E-state index in [4.69, 9.17) is 0 Å². The number of hydrogen-bond acceptors (Lipinski definition) is 4. The second-order valence-electron chi connectivity index (χ2n) is 8.52. The van der Waals surface area contributed by atoms with Gasteiger partial charge in [0.25, 0.3) is 5.91 Å². The van der Waals surface area contributed by atoms with Crippen molar-refractivity contribution in [1.29, 1.82) is 0 Å². The molecule has 0 atom stereocenters. The van der Waals surface area contributed by atoms with Gasteiger partial charge in [0.15, 0.2) is 0 Å². The Balaban J connectivity index is 1.63. The van der Waals surface area contributed by atoms with Crippen LogP contribution >= 0.6 is 0 Å². The Morgan fingerprint density at radius 2 is 1.94 bits per heavy atom. The quantitative estimate of drug-likeness (QED) is 0.568. The molecule has 33 heavy (non-hydrogen) atoms. The van der Waals surface area contributed by atoms with Crippen LogP contribution in [0.2, 0.25) is 0 Å². The number of amides is 1. The third-order valence-electron chi connectivity index (χ3n) is 6.18. The number of carbonyl (C=O) groups excluding carboxylic acids is 1. The molecule has 0 spiro atoms. The van der Waals surface area contributed by atoms with Crippen molar-refractivity contribution < 1.29 is 23.1 Å². The molecule has 3 aromatic rings. The van der Waals surface area contributed by atoms with E-state index in [2.05, 4.69) is 28.3 Å². The number of aliphatic hydroxyl groups is 1. The molecule has 176 valence electrons. The molecule has 0 radical (unpaired) electrons. The average molecular weight is 461 g/mol. The number of anilines is 1. The summed E-state index contributed by atoms with van der Waals surface area (Å²) in [6.45, 7) is 2.45. The largest absolute Gasteiger partial charge is 0.416 e. The number of likely N-dealkylation sites (tertiary alicyclic amines) is 1. The van der Waals surface area contributed by atoms with E-state index in [-0.39, 0.29) is 18.1 Å². The van der Waals surface area contributed by atoms with Crippen molar-refractivity contribution in [1.82, 2.24) is 14.5 Å². The van der Waals surface area contributed by atoms with Crippen LogP contribution < -0.4 is 5.32 Å². The number of nitrogens with zero attached hydrogens (tertiary/aromatic N) is 3. The summed E-state index contributed by atoms with van der Waals surface area (Å²) in [6.07, 6.45) is -1.96. The number of piperidine rings is 1. The molecule has 1 fully saturated rings. The third kappa shape index (κ3) is 5.20. The van der Waals surface area contributed by atoms with Gasteiger partial charge in [-0.2, -0.15) is 13.2 Å². The van der Waals surface area contributed by atoms with Gasteiger partial charge in [0, 0.05) is 18.7 Å². The van der Waals surface area contributed by atoms with E-state index in [0.29, 0.717) is 24.4 Å². The average Bonchev–Trinajstić information content (AvgIpc) is 3.13. The zero-order chi connectivity index (χ0) is 23.6. The van der Waals surface area contributed by atoms with Crippen LogP contribution in [0.3, 0.4) is 0 Å². The van der Waals surface area contributed by atoms with Gasteiger partial charge < -0.3 is 14.6 Å². The summed E-state index contributed by atoms with van der Waals surface area (Å²) in [5.74, 6) is 0.0231. The first-order valence-corrected chi connectivity index (χ1v) is 11.0. The number of rotatable bonds is 6. The van der Waals surface area contributed by atoms with Gasteiger partial charge in [-0.1, -0.05) is 12.1 Å². The van der Waals surface area contributed by atoms with Crippen LogP contribution in [0.5, 0.6) is 0 Å². The number of hydrogen-bond donors (Lipinski definition) is 2. The van der Waals surface area contributed by atoms with Gasteiger partial charge in [-0.25, -0.2) is 4.98 Å². The smallest absolute Gasteiger partial charge is 0.396 e. The molecule has 1 amide bonds. The summed E-state index contributed by atoms with van der Waals surface area (Å²) >= 11 is 0. The number of aliphatic hydroxyl groups excluding tert-OH is 1. The fourth-order valence-electron chi connectivity index (χ4n) is 4.30. The first-order valence-electron chi connectivity index (χ1n) is 11.0. The summed E-state index contributed by atoms with van der Waals surface area (Å²) in [7, 11) is 2.11. The minimum Gasteiger partial charge on any atom is -0.396 e. The Hall–Kier alpha value is -2.91. The fraction of sp³-hybridized carbons (Fsp3) is 0.417. The van der Waals surface area contributed by atoms with Crippen LogP contribution in [0, 0.1) is 0 Å². The first-order chi connectivity index (χ1) is 15.8. The van der Waals surface area contributed by atoms with E-state index >= 15 is 0 Å². The van der Waals surface area contributed by atoms with E-state index < -0.39 is 17.6 Å². The Morgan fingerprint density at radius 3 is 2.64 bits per heavy atom. The van der Waals surface area contributed by atoms with Crippen molar-refractivity contribution in [3.8, 4) is 0 Å². The first kappa shape index (κ1) is 23.3.